The zero-order chi connectivity index (χ0) is 29.2. The van der Waals surface area contributed by atoms with Gasteiger partial charge in [-0.2, -0.15) is 0 Å². The maximum atomic E-state index is 13.8. The second kappa shape index (κ2) is 15.2. The molecule has 0 saturated carbocycles. The third kappa shape index (κ3) is 10.0. The molecule has 2 amide bonds. The normalized spacial score (nSPS) is 14.5. The van der Waals surface area contributed by atoms with E-state index in [2.05, 4.69) is 33.2 Å². The zero-order valence-electron chi connectivity index (χ0n) is 22.6. The van der Waals surface area contributed by atoms with E-state index >= 15 is 0 Å². The highest BCUT2D eigenvalue weighted by Crippen LogP contribution is 2.16. The van der Waals surface area contributed by atoms with E-state index in [-0.39, 0.29) is 37.8 Å². The molecule has 1 aliphatic rings. The van der Waals surface area contributed by atoms with Gasteiger partial charge in [-0.25, -0.2) is 8.78 Å². The zero-order valence-corrected chi connectivity index (χ0v) is 24.8. The van der Waals surface area contributed by atoms with Gasteiger partial charge in [-0.15, -0.1) is 0 Å². The first kappa shape index (κ1) is 30.9. The Kier molecular flexibility index (Phi) is 11.5. The van der Waals surface area contributed by atoms with E-state index in [0.29, 0.717) is 23.4 Å². The summed E-state index contributed by atoms with van der Waals surface area (Å²) >= 11 is 2.23. The summed E-state index contributed by atoms with van der Waals surface area (Å²) in [4.78, 5) is 26.9. The van der Waals surface area contributed by atoms with Crippen molar-refractivity contribution in [3.8, 4) is 5.75 Å². The Hall–Kier alpha value is -3.09. The second-order valence-corrected chi connectivity index (χ2v) is 11.4. The number of halogens is 3. The van der Waals surface area contributed by atoms with Crippen molar-refractivity contribution in [3.63, 3.8) is 0 Å². The average molecular weight is 678 g/mol. The molecule has 4 rings (SSSR count). The van der Waals surface area contributed by atoms with Crippen LogP contribution in [0.5, 0.6) is 5.75 Å². The lowest BCUT2D eigenvalue weighted by Gasteiger charge is -2.25. The van der Waals surface area contributed by atoms with Crippen molar-refractivity contribution in [2.75, 3.05) is 26.2 Å². The smallest absolute Gasteiger partial charge is 0.260 e. The number of hydrogen-bond donors (Lipinski definition) is 3. The van der Waals surface area contributed by atoms with Gasteiger partial charge in [-0.05, 0) is 94.9 Å². The number of carbonyl (C=O) groups is 2. The van der Waals surface area contributed by atoms with Gasteiger partial charge in [0.2, 0.25) is 5.91 Å². The molecule has 0 aliphatic carbocycles. The van der Waals surface area contributed by atoms with Crippen LogP contribution in [0.3, 0.4) is 0 Å². The molecule has 3 N–H and O–H groups in total. The van der Waals surface area contributed by atoms with Crippen LogP contribution in [0.4, 0.5) is 8.78 Å². The third-order valence-corrected chi connectivity index (χ3v) is 7.54. The number of ether oxygens (including phenoxy) is 1. The fourth-order valence-corrected chi connectivity index (χ4v) is 5.38. The van der Waals surface area contributed by atoms with Crippen molar-refractivity contribution in [3.05, 3.63) is 98.6 Å². The maximum absolute atomic E-state index is 13.8. The van der Waals surface area contributed by atoms with Crippen LogP contribution in [0, 0.1) is 15.2 Å². The number of hydrogen-bond acceptors (Lipinski definition) is 5. The summed E-state index contributed by atoms with van der Waals surface area (Å²) in [5.74, 6) is -1.30. The minimum Gasteiger partial charge on any atom is -0.484 e. The summed E-state index contributed by atoms with van der Waals surface area (Å²) in [6, 6.07) is 17.2. The minimum atomic E-state index is -1.02. The fourth-order valence-electron chi connectivity index (χ4n) is 4.77. The number of likely N-dealkylation sites (tertiary alicyclic amines) is 1. The van der Waals surface area contributed by atoms with E-state index in [1.807, 2.05) is 24.3 Å². The Morgan fingerprint density at radius 1 is 0.951 bits per heavy atom. The molecule has 1 saturated heterocycles. The number of rotatable bonds is 13. The SMILES string of the molecule is O=C(Cc1ccc(OCC(=O)N2CCCC2)cc1)N[C@@H](Cc1cc(F)cc(F)c1)[C@@H](O)CNCc1cccc(I)c1. The second-order valence-electron chi connectivity index (χ2n) is 10.2. The van der Waals surface area contributed by atoms with E-state index in [1.165, 1.54) is 12.1 Å². The molecule has 7 nitrogen and oxygen atoms in total. The molecule has 1 aliphatic heterocycles. The molecule has 2 atom stereocenters. The van der Waals surface area contributed by atoms with E-state index in [9.17, 15) is 23.5 Å². The topological polar surface area (TPSA) is 90.9 Å². The number of aliphatic hydroxyl groups excluding tert-OH is 1. The first-order chi connectivity index (χ1) is 19.7. The molecular weight excluding hydrogens is 643 g/mol. The molecule has 0 radical (unpaired) electrons. The number of carbonyl (C=O) groups excluding carboxylic acids is 2. The summed E-state index contributed by atoms with van der Waals surface area (Å²) < 4.78 is 34.4. The lowest BCUT2D eigenvalue weighted by Crippen LogP contribution is -2.49. The molecule has 0 bridgehead atoms. The van der Waals surface area contributed by atoms with Gasteiger partial charge >= 0.3 is 0 Å². The number of amides is 2. The predicted octanol–water partition coefficient (Wildman–Crippen LogP) is 3.99. The predicted molar refractivity (Wildman–Crippen MR) is 160 cm³/mol. The highest BCUT2D eigenvalue weighted by atomic mass is 127. The Balaban J connectivity index is 1.33. The van der Waals surface area contributed by atoms with Crippen LogP contribution >= 0.6 is 22.6 Å². The summed E-state index contributed by atoms with van der Waals surface area (Å²) in [5.41, 5.74) is 2.08. The highest BCUT2D eigenvalue weighted by Gasteiger charge is 2.23. The Morgan fingerprint density at radius 3 is 2.34 bits per heavy atom. The summed E-state index contributed by atoms with van der Waals surface area (Å²) in [6.45, 7) is 2.18. The molecule has 10 heteroatoms. The van der Waals surface area contributed by atoms with Gasteiger partial charge in [0.05, 0.1) is 18.6 Å². The fraction of sp³-hybridized carbons (Fsp3) is 0.355. The molecule has 1 heterocycles. The van der Waals surface area contributed by atoms with E-state index in [0.717, 1.165) is 41.1 Å². The van der Waals surface area contributed by atoms with Gasteiger partial charge in [0, 0.05) is 35.8 Å². The number of aliphatic hydroxyl groups is 1. The molecule has 218 valence electrons. The lowest BCUT2D eigenvalue weighted by atomic mass is 10.00. The number of nitrogens with zero attached hydrogens (tertiary/aromatic N) is 1. The lowest BCUT2D eigenvalue weighted by molar-refractivity contribution is -0.132. The standard InChI is InChI=1S/C31H34F2IN3O4/c32-24-12-23(13-25(33)17-24)15-28(29(38)19-35-18-22-4-3-5-26(34)14-22)36-30(39)16-21-6-8-27(9-7-21)41-20-31(40)37-10-1-2-11-37/h3-9,12-14,17,28-29,35,38H,1-2,10-11,15-16,18-20H2,(H,36,39)/t28-,29-/m0/s1. The first-order valence-corrected chi connectivity index (χ1v) is 14.7. The van der Waals surface area contributed by atoms with Crippen LogP contribution in [-0.2, 0) is 29.0 Å². The van der Waals surface area contributed by atoms with Crippen LogP contribution in [0.1, 0.15) is 29.5 Å². The molecule has 0 unspecified atom stereocenters. The van der Waals surface area contributed by atoms with Gasteiger partial charge < -0.3 is 25.4 Å². The molecule has 3 aromatic rings. The van der Waals surface area contributed by atoms with Crippen molar-refractivity contribution in [2.45, 2.75) is 44.4 Å². The molecule has 3 aromatic carbocycles. The van der Waals surface area contributed by atoms with Gasteiger partial charge in [0.1, 0.15) is 17.4 Å². The molecule has 0 aromatic heterocycles. The minimum absolute atomic E-state index is 0.0301. The first-order valence-electron chi connectivity index (χ1n) is 13.6. The highest BCUT2D eigenvalue weighted by molar-refractivity contribution is 14.1. The van der Waals surface area contributed by atoms with E-state index in [1.54, 1.807) is 29.2 Å². The van der Waals surface area contributed by atoms with Crippen LogP contribution < -0.4 is 15.4 Å². The van der Waals surface area contributed by atoms with Gasteiger partial charge in [-0.1, -0.05) is 24.3 Å². The Labute approximate surface area is 252 Å². The van der Waals surface area contributed by atoms with E-state index in [4.69, 9.17) is 4.74 Å². The van der Waals surface area contributed by atoms with Crippen molar-refractivity contribution >= 4 is 34.4 Å². The van der Waals surface area contributed by atoms with Crippen LogP contribution in [0.25, 0.3) is 0 Å². The quantitative estimate of drug-likeness (QED) is 0.238. The Bertz CT molecular complexity index is 1300. The molecule has 41 heavy (non-hydrogen) atoms. The van der Waals surface area contributed by atoms with E-state index < -0.39 is 23.8 Å². The maximum Gasteiger partial charge on any atom is 0.260 e. The van der Waals surface area contributed by atoms with Crippen molar-refractivity contribution in [1.82, 2.24) is 15.5 Å². The summed E-state index contributed by atoms with van der Waals surface area (Å²) in [5, 5.41) is 17.0. The average Bonchev–Trinajstić information content (AvgIpc) is 3.47. The van der Waals surface area contributed by atoms with Gasteiger partial charge in [0.15, 0.2) is 6.61 Å². The monoisotopic (exact) mass is 677 g/mol. The van der Waals surface area contributed by atoms with Gasteiger partial charge in [-0.3, -0.25) is 9.59 Å². The number of benzene rings is 3. The largest absolute Gasteiger partial charge is 0.484 e. The molecule has 0 spiro atoms. The molecule has 1 fully saturated rings. The van der Waals surface area contributed by atoms with Gasteiger partial charge in [0.25, 0.3) is 5.91 Å². The summed E-state index contributed by atoms with van der Waals surface area (Å²) in [6.07, 6.45) is 1.09. The summed E-state index contributed by atoms with van der Waals surface area (Å²) in [7, 11) is 0. The van der Waals surface area contributed by atoms with Crippen LogP contribution in [0.15, 0.2) is 66.7 Å². The van der Waals surface area contributed by atoms with Crippen molar-refractivity contribution < 1.29 is 28.2 Å². The Morgan fingerprint density at radius 2 is 1.66 bits per heavy atom. The van der Waals surface area contributed by atoms with Crippen LogP contribution in [-0.4, -0.2) is 60.2 Å². The third-order valence-electron chi connectivity index (χ3n) is 6.87. The van der Waals surface area contributed by atoms with Crippen molar-refractivity contribution in [1.29, 1.82) is 0 Å². The van der Waals surface area contributed by atoms with Crippen molar-refractivity contribution in [2.24, 2.45) is 0 Å². The molecular formula is C31H34F2IN3O4. The van der Waals surface area contributed by atoms with Crippen LogP contribution in [0.2, 0.25) is 0 Å². The number of nitrogens with one attached hydrogen (secondary N) is 2.